The summed E-state index contributed by atoms with van der Waals surface area (Å²) in [5, 5.41) is 12.7. The number of carbonyl (C=O) groups excluding carboxylic acids is 1. The van der Waals surface area contributed by atoms with E-state index in [1.165, 1.54) is 23.5 Å². The smallest absolute Gasteiger partial charge is 0.257 e. The Morgan fingerprint density at radius 2 is 2.00 bits per heavy atom. The molecule has 4 rings (SSSR count). The molecule has 4 aromatic rings. The van der Waals surface area contributed by atoms with Crippen LogP contribution in [0.15, 0.2) is 41.9 Å². The number of amides is 1. The molecule has 22 heavy (non-hydrogen) atoms. The molecule has 2 heterocycles. The molecule has 0 saturated heterocycles. The van der Waals surface area contributed by atoms with E-state index in [9.17, 15) is 9.90 Å². The molecule has 5 nitrogen and oxygen atoms in total. The van der Waals surface area contributed by atoms with Crippen molar-refractivity contribution in [1.82, 2.24) is 9.97 Å². The summed E-state index contributed by atoms with van der Waals surface area (Å²) in [6.07, 6.45) is 0. The molecule has 7 heteroatoms. The first kappa shape index (κ1) is 13.2. The number of nitrogens with zero attached hydrogens (tertiary/aromatic N) is 2. The fourth-order valence-corrected chi connectivity index (χ4v) is 4.07. The molecule has 0 radical (unpaired) electrons. The molecule has 2 aromatic heterocycles. The first-order valence-corrected chi connectivity index (χ1v) is 8.13. The lowest BCUT2D eigenvalue weighted by atomic mass is 10.2. The van der Waals surface area contributed by atoms with Crippen LogP contribution in [0.4, 0.5) is 5.13 Å². The van der Waals surface area contributed by atoms with Crippen molar-refractivity contribution < 1.29 is 9.90 Å². The van der Waals surface area contributed by atoms with Gasteiger partial charge in [0, 0.05) is 5.56 Å². The van der Waals surface area contributed by atoms with Crippen LogP contribution in [0.5, 0.6) is 5.75 Å². The summed E-state index contributed by atoms with van der Waals surface area (Å²) >= 11 is 2.98. The van der Waals surface area contributed by atoms with Gasteiger partial charge in [0.25, 0.3) is 5.91 Å². The number of rotatable bonds is 2. The number of aromatic hydroxyl groups is 1. The van der Waals surface area contributed by atoms with Crippen molar-refractivity contribution in [3.05, 3.63) is 47.5 Å². The quantitative estimate of drug-likeness (QED) is 0.586. The van der Waals surface area contributed by atoms with Gasteiger partial charge in [0.05, 0.1) is 25.9 Å². The van der Waals surface area contributed by atoms with Crippen LogP contribution in [0, 0.1) is 0 Å². The van der Waals surface area contributed by atoms with Gasteiger partial charge in [-0.15, -0.1) is 11.3 Å². The minimum atomic E-state index is -0.296. The Morgan fingerprint density at radius 3 is 2.86 bits per heavy atom. The predicted molar refractivity (Wildman–Crippen MR) is 88.9 cm³/mol. The van der Waals surface area contributed by atoms with Gasteiger partial charge in [-0.2, -0.15) is 0 Å². The van der Waals surface area contributed by atoms with E-state index in [1.807, 2.05) is 12.1 Å². The largest absolute Gasteiger partial charge is 0.508 e. The standard InChI is InChI=1S/C15H9N3O2S2/c19-9-3-1-2-8(6-9)14(20)18-15-17-11-5-4-10-12(13(11)22-15)21-7-16-10/h1-7,19H,(H,17,18,20). The minimum absolute atomic E-state index is 0.0586. The molecule has 108 valence electrons. The van der Waals surface area contributed by atoms with Gasteiger partial charge in [-0.1, -0.05) is 17.4 Å². The molecule has 1 amide bonds. The van der Waals surface area contributed by atoms with E-state index >= 15 is 0 Å². The third-order valence-corrected chi connectivity index (χ3v) is 5.18. The summed E-state index contributed by atoms with van der Waals surface area (Å²) in [5.41, 5.74) is 3.97. The van der Waals surface area contributed by atoms with Gasteiger partial charge in [0.1, 0.15) is 5.75 Å². The number of hydrogen-bond donors (Lipinski definition) is 2. The summed E-state index contributed by atoms with van der Waals surface area (Å²) in [7, 11) is 0. The van der Waals surface area contributed by atoms with E-state index in [-0.39, 0.29) is 11.7 Å². The van der Waals surface area contributed by atoms with Gasteiger partial charge in [-0.05, 0) is 30.3 Å². The zero-order valence-electron chi connectivity index (χ0n) is 11.1. The Morgan fingerprint density at radius 1 is 1.14 bits per heavy atom. The highest BCUT2D eigenvalue weighted by Gasteiger charge is 2.12. The van der Waals surface area contributed by atoms with Crippen molar-refractivity contribution in [1.29, 1.82) is 0 Å². The Balaban J connectivity index is 1.71. The lowest BCUT2D eigenvalue weighted by Crippen LogP contribution is -2.11. The second-order valence-corrected chi connectivity index (χ2v) is 6.49. The lowest BCUT2D eigenvalue weighted by Gasteiger charge is -2.01. The average Bonchev–Trinajstić information content (AvgIpc) is 3.11. The van der Waals surface area contributed by atoms with E-state index in [0.29, 0.717) is 10.7 Å². The Hall–Kier alpha value is -2.51. The zero-order chi connectivity index (χ0) is 15.1. The molecular weight excluding hydrogens is 318 g/mol. The van der Waals surface area contributed by atoms with Gasteiger partial charge in [0.2, 0.25) is 0 Å². The number of benzene rings is 2. The molecule has 0 aliphatic heterocycles. The molecule has 0 fully saturated rings. The first-order valence-electron chi connectivity index (χ1n) is 6.44. The van der Waals surface area contributed by atoms with Crippen molar-refractivity contribution >= 4 is 54.1 Å². The van der Waals surface area contributed by atoms with E-state index in [2.05, 4.69) is 15.3 Å². The second-order valence-electron chi connectivity index (χ2n) is 4.64. The number of carbonyl (C=O) groups is 1. The number of nitrogens with one attached hydrogen (secondary N) is 1. The van der Waals surface area contributed by atoms with E-state index in [0.717, 1.165) is 20.4 Å². The maximum absolute atomic E-state index is 12.2. The normalized spacial score (nSPS) is 11.1. The maximum Gasteiger partial charge on any atom is 0.257 e. The van der Waals surface area contributed by atoms with Gasteiger partial charge in [-0.3, -0.25) is 10.1 Å². The highest BCUT2D eigenvalue weighted by Crippen LogP contribution is 2.34. The van der Waals surface area contributed by atoms with Crippen LogP contribution in [0.25, 0.3) is 20.4 Å². The van der Waals surface area contributed by atoms with Gasteiger partial charge in [0.15, 0.2) is 5.13 Å². The highest BCUT2D eigenvalue weighted by atomic mass is 32.1. The molecule has 2 N–H and O–H groups in total. The highest BCUT2D eigenvalue weighted by molar-refractivity contribution is 7.28. The first-order chi connectivity index (χ1) is 10.7. The summed E-state index contributed by atoms with van der Waals surface area (Å²) < 4.78 is 2.10. The van der Waals surface area contributed by atoms with Crippen molar-refractivity contribution in [2.24, 2.45) is 0 Å². The van der Waals surface area contributed by atoms with Crippen LogP contribution in [0.1, 0.15) is 10.4 Å². The lowest BCUT2D eigenvalue weighted by molar-refractivity contribution is 0.102. The summed E-state index contributed by atoms with van der Waals surface area (Å²) in [5.74, 6) is -0.237. The number of thiazole rings is 2. The molecule has 0 atom stereocenters. The molecule has 2 aromatic carbocycles. The van der Waals surface area contributed by atoms with Crippen LogP contribution >= 0.6 is 22.7 Å². The summed E-state index contributed by atoms with van der Waals surface area (Å²) in [4.78, 5) is 20.9. The van der Waals surface area contributed by atoms with Crippen LogP contribution in [0.3, 0.4) is 0 Å². The number of phenolic OH excluding ortho intramolecular Hbond substituents is 1. The molecule has 0 aliphatic carbocycles. The Labute approximate surface area is 132 Å². The second kappa shape index (κ2) is 5.04. The van der Waals surface area contributed by atoms with Gasteiger partial charge < -0.3 is 5.11 Å². The van der Waals surface area contributed by atoms with E-state index in [1.54, 1.807) is 29.0 Å². The zero-order valence-corrected chi connectivity index (χ0v) is 12.7. The van der Waals surface area contributed by atoms with Crippen LogP contribution in [-0.4, -0.2) is 21.0 Å². The number of phenols is 1. The predicted octanol–water partition coefficient (Wildman–Crippen LogP) is 3.86. The number of hydrogen-bond acceptors (Lipinski definition) is 6. The maximum atomic E-state index is 12.2. The Kier molecular flexibility index (Phi) is 3.02. The number of anilines is 1. The van der Waals surface area contributed by atoms with Crippen molar-refractivity contribution in [3.63, 3.8) is 0 Å². The molecule has 0 aliphatic rings. The van der Waals surface area contributed by atoms with Gasteiger partial charge in [-0.25, -0.2) is 9.97 Å². The SMILES string of the molecule is O=C(Nc1nc2ccc3ncsc3c2s1)c1cccc(O)c1. The number of fused-ring (bicyclic) bond motifs is 3. The van der Waals surface area contributed by atoms with Crippen molar-refractivity contribution in [2.75, 3.05) is 5.32 Å². The third kappa shape index (κ3) is 2.20. The summed E-state index contributed by atoms with van der Waals surface area (Å²) in [6, 6.07) is 10.0. The average molecular weight is 327 g/mol. The third-order valence-electron chi connectivity index (χ3n) is 3.18. The molecule has 0 spiro atoms. The van der Waals surface area contributed by atoms with Gasteiger partial charge >= 0.3 is 0 Å². The summed E-state index contributed by atoms with van der Waals surface area (Å²) in [6.45, 7) is 0. The fourth-order valence-electron chi connectivity index (χ4n) is 2.18. The minimum Gasteiger partial charge on any atom is -0.508 e. The molecular formula is C15H9N3O2S2. The van der Waals surface area contributed by atoms with Crippen LogP contribution < -0.4 is 5.32 Å². The molecule has 0 saturated carbocycles. The van der Waals surface area contributed by atoms with E-state index < -0.39 is 0 Å². The number of aromatic nitrogens is 2. The monoisotopic (exact) mass is 327 g/mol. The van der Waals surface area contributed by atoms with Crippen LogP contribution in [0.2, 0.25) is 0 Å². The Bertz CT molecular complexity index is 1010. The molecule has 0 bridgehead atoms. The van der Waals surface area contributed by atoms with Crippen molar-refractivity contribution in [2.45, 2.75) is 0 Å². The van der Waals surface area contributed by atoms with Crippen molar-refractivity contribution in [3.8, 4) is 5.75 Å². The molecule has 0 unspecified atom stereocenters. The van der Waals surface area contributed by atoms with Crippen LogP contribution in [-0.2, 0) is 0 Å². The fraction of sp³-hybridized carbons (Fsp3) is 0. The topological polar surface area (TPSA) is 75.1 Å². The van der Waals surface area contributed by atoms with E-state index in [4.69, 9.17) is 0 Å².